The minimum atomic E-state index is -3.34. The number of benzene rings is 1. The number of aromatic nitrogens is 1. The van der Waals surface area contributed by atoms with Gasteiger partial charge in [-0.25, -0.2) is 8.42 Å². The number of rotatable bonds is 4. The molecule has 0 spiro atoms. The first-order valence-corrected chi connectivity index (χ1v) is 8.68. The molecular weight excluding hydrogens is 300 g/mol. The van der Waals surface area contributed by atoms with E-state index in [0.717, 1.165) is 11.9 Å². The van der Waals surface area contributed by atoms with Crippen LogP contribution in [0, 0.1) is 0 Å². The smallest absolute Gasteiger partial charge is 0.254 e. The Balaban J connectivity index is 2.28. The second-order valence-corrected chi connectivity index (χ2v) is 7.16. The maximum Gasteiger partial charge on any atom is 0.254 e. The van der Waals surface area contributed by atoms with Crippen molar-refractivity contribution in [2.24, 2.45) is 0 Å². The summed E-state index contributed by atoms with van der Waals surface area (Å²) in [4.78, 5) is 18.5. The van der Waals surface area contributed by atoms with Gasteiger partial charge in [-0.05, 0) is 37.3 Å². The number of carbonyl (C=O) groups is 1. The average Bonchev–Trinajstić information content (AvgIpc) is 2.53. The van der Waals surface area contributed by atoms with Crippen molar-refractivity contribution in [1.82, 2.24) is 9.88 Å². The molecular formula is C16H18N2O3S. The van der Waals surface area contributed by atoms with Crippen LogP contribution in [0.1, 0.15) is 29.0 Å². The predicted molar refractivity (Wildman–Crippen MR) is 84.3 cm³/mol. The monoisotopic (exact) mass is 318 g/mol. The largest absolute Gasteiger partial charge is 0.333 e. The van der Waals surface area contributed by atoms with Crippen molar-refractivity contribution in [3.05, 3.63) is 59.9 Å². The van der Waals surface area contributed by atoms with E-state index in [0.29, 0.717) is 5.56 Å². The summed E-state index contributed by atoms with van der Waals surface area (Å²) in [6, 6.07) is 11.4. The second-order valence-electron chi connectivity index (χ2n) is 5.15. The summed E-state index contributed by atoms with van der Waals surface area (Å²) in [5.74, 6) is -0.247. The molecule has 2 aromatic rings. The average molecular weight is 318 g/mol. The van der Waals surface area contributed by atoms with Gasteiger partial charge in [0.2, 0.25) is 0 Å². The SMILES string of the molecule is CC(c1ccccn1)N(C)C(=O)c1cccc(S(C)(=O)=O)c1. The summed E-state index contributed by atoms with van der Waals surface area (Å²) < 4.78 is 23.2. The van der Waals surface area contributed by atoms with Gasteiger partial charge in [-0.15, -0.1) is 0 Å². The van der Waals surface area contributed by atoms with Crippen molar-refractivity contribution in [3.8, 4) is 0 Å². The van der Waals surface area contributed by atoms with Gasteiger partial charge in [-0.3, -0.25) is 9.78 Å². The van der Waals surface area contributed by atoms with Gasteiger partial charge in [-0.2, -0.15) is 0 Å². The zero-order valence-electron chi connectivity index (χ0n) is 12.7. The van der Waals surface area contributed by atoms with E-state index in [1.54, 1.807) is 30.3 Å². The predicted octanol–water partition coefficient (Wildman–Crippen LogP) is 2.32. The number of hydrogen-bond donors (Lipinski definition) is 0. The van der Waals surface area contributed by atoms with E-state index in [2.05, 4.69) is 4.98 Å². The zero-order chi connectivity index (χ0) is 16.3. The molecule has 0 saturated heterocycles. The van der Waals surface area contributed by atoms with Crippen LogP contribution in [0.4, 0.5) is 0 Å². The van der Waals surface area contributed by atoms with Crippen molar-refractivity contribution < 1.29 is 13.2 Å². The van der Waals surface area contributed by atoms with E-state index in [1.165, 1.54) is 12.1 Å². The highest BCUT2D eigenvalue weighted by Crippen LogP contribution is 2.20. The van der Waals surface area contributed by atoms with Crippen LogP contribution in [0.15, 0.2) is 53.6 Å². The van der Waals surface area contributed by atoms with Crippen LogP contribution in [-0.2, 0) is 9.84 Å². The van der Waals surface area contributed by atoms with Gasteiger partial charge in [0.1, 0.15) is 0 Å². The molecule has 1 aromatic carbocycles. The number of carbonyl (C=O) groups excluding carboxylic acids is 1. The van der Waals surface area contributed by atoms with Crippen LogP contribution < -0.4 is 0 Å². The lowest BCUT2D eigenvalue weighted by atomic mass is 10.1. The Labute approximate surface area is 130 Å². The number of nitrogens with zero attached hydrogens (tertiary/aromatic N) is 2. The number of pyridine rings is 1. The highest BCUT2D eigenvalue weighted by molar-refractivity contribution is 7.90. The third-order valence-corrected chi connectivity index (χ3v) is 4.64. The Kier molecular flexibility index (Phi) is 4.61. The second kappa shape index (κ2) is 6.27. The molecule has 1 heterocycles. The molecule has 0 fully saturated rings. The Morgan fingerprint density at radius 3 is 2.50 bits per heavy atom. The fourth-order valence-electron chi connectivity index (χ4n) is 2.06. The molecule has 0 saturated carbocycles. The lowest BCUT2D eigenvalue weighted by Gasteiger charge is -2.24. The van der Waals surface area contributed by atoms with E-state index < -0.39 is 9.84 Å². The molecule has 0 N–H and O–H groups in total. The van der Waals surface area contributed by atoms with Crippen molar-refractivity contribution in [1.29, 1.82) is 0 Å². The standard InChI is InChI=1S/C16H18N2O3S/c1-12(15-9-4-5-10-17-15)18(2)16(19)13-7-6-8-14(11-13)22(3,20)21/h4-12H,1-3H3. The third kappa shape index (κ3) is 3.51. The zero-order valence-corrected chi connectivity index (χ0v) is 13.5. The first kappa shape index (κ1) is 16.2. The molecule has 1 atom stereocenters. The van der Waals surface area contributed by atoms with Gasteiger partial charge in [-0.1, -0.05) is 12.1 Å². The van der Waals surface area contributed by atoms with Gasteiger partial charge >= 0.3 is 0 Å². The molecule has 6 heteroatoms. The maximum atomic E-state index is 12.5. The highest BCUT2D eigenvalue weighted by Gasteiger charge is 2.20. The molecule has 1 aromatic heterocycles. The Hall–Kier alpha value is -2.21. The highest BCUT2D eigenvalue weighted by atomic mass is 32.2. The van der Waals surface area contributed by atoms with Crippen LogP contribution in [-0.4, -0.2) is 37.5 Å². The quantitative estimate of drug-likeness (QED) is 0.867. The van der Waals surface area contributed by atoms with E-state index in [4.69, 9.17) is 0 Å². The van der Waals surface area contributed by atoms with E-state index in [-0.39, 0.29) is 16.8 Å². The van der Waals surface area contributed by atoms with E-state index in [1.807, 2.05) is 25.1 Å². The van der Waals surface area contributed by atoms with E-state index >= 15 is 0 Å². The topological polar surface area (TPSA) is 67.3 Å². The minimum Gasteiger partial charge on any atom is -0.333 e. The Morgan fingerprint density at radius 2 is 1.91 bits per heavy atom. The third-order valence-electron chi connectivity index (χ3n) is 3.53. The summed E-state index contributed by atoms with van der Waals surface area (Å²) in [6.07, 6.45) is 2.80. The summed E-state index contributed by atoms with van der Waals surface area (Å²) in [5.41, 5.74) is 1.12. The molecule has 0 aliphatic carbocycles. The van der Waals surface area contributed by atoms with Crippen LogP contribution in [0.3, 0.4) is 0 Å². The van der Waals surface area contributed by atoms with Crippen LogP contribution in [0.5, 0.6) is 0 Å². The van der Waals surface area contributed by atoms with Gasteiger partial charge in [0.05, 0.1) is 16.6 Å². The molecule has 1 amide bonds. The summed E-state index contributed by atoms with van der Waals surface area (Å²) >= 11 is 0. The van der Waals surface area contributed by atoms with Gasteiger partial charge in [0.25, 0.3) is 5.91 Å². The molecule has 2 rings (SSSR count). The lowest BCUT2D eigenvalue weighted by Crippen LogP contribution is -2.30. The summed E-state index contributed by atoms with van der Waals surface area (Å²) in [7, 11) is -1.66. The summed E-state index contributed by atoms with van der Waals surface area (Å²) in [5, 5.41) is 0. The lowest BCUT2D eigenvalue weighted by molar-refractivity contribution is 0.0739. The van der Waals surface area contributed by atoms with Crippen LogP contribution in [0.25, 0.3) is 0 Å². The molecule has 0 radical (unpaired) electrons. The van der Waals surface area contributed by atoms with Crippen molar-refractivity contribution in [2.45, 2.75) is 17.9 Å². The summed E-state index contributed by atoms with van der Waals surface area (Å²) in [6.45, 7) is 1.88. The van der Waals surface area contributed by atoms with Crippen LogP contribution >= 0.6 is 0 Å². The number of amides is 1. The molecule has 116 valence electrons. The fourth-order valence-corrected chi connectivity index (χ4v) is 2.73. The van der Waals surface area contributed by atoms with E-state index in [9.17, 15) is 13.2 Å². The number of sulfone groups is 1. The normalized spacial score (nSPS) is 12.7. The van der Waals surface area contributed by atoms with Crippen molar-refractivity contribution >= 4 is 15.7 Å². The molecule has 0 bridgehead atoms. The first-order chi connectivity index (χ1) is 10.3. The van der Waals surface area contributed by atoms with Crippen LogP contribution in [0.2, 0.25) is 0 Å². The Bertz CT molecular complexity index is 773. The Morgan fingerprint density at radius 1 is 1.18 bits per heavy atom. The fraction of sp³-hybridized carbons (Fsp3) is 0.250. The molecule has 5 nitrogen and oxygen atoms in total. The van der Waals surface area contributed by atoms with Gasteiger partial charge < -0.3 is 4.90 Å². The minimum absolute atomic E-state index is 0.136. The van der Waals surface area contributed by atoms with Crippen molar-refractivity contribution in [3.63, 3.8) is 0 Å². The molecule has 22 heavy (non-hydrogen) atoms. The first-order valence-electron chi connectivity index (χ1n) is 6.79. The van der Waals surface area contributed by atoms with Crippen molar-refractivity contribution in [2.75, 3.05) is 13.3 Å². The maximum absolute atomic E-state index is 12.5. The molecule has 0 aliphatic heterocycles. The molecule has 1 unspecified atom stereocenters. The van der Waals surface area contributed by atoms with Gasteiger partial charge in [0, 0.05) is 25.1 Å². The molecule has 0 aliphatic rings. The van der Waals surface area contributed by atoms with Gasteiger partial charge in [0.15, 0.2) is 9.84 Å². The number of hydrogen-bond acceptors (Lipinski definition) is 4.